The van der Waals surface area contributed by atoms with Crippen molar-refractivity contribution in [2.24, 2.45) is 0 Å². The van der Waals surface area contributed by atoms with Crippen molar-refractivity contribution in [3.63, 3.8) is 0 Å². The van der Waals surface area contributed by atoms with Crippen LogP contribution in [0.2, 0.25) is 0 Å². The van der Waals surface area contributed by atoms with Gasteiger partial charge in [-0.25, -0.2) is 0 Å². The van der Waals surface area contributed by atoms with E-state index in [0.717, 1.165) is 0 Å². The molecule has 0 aliphatic rings. The molecule has 0 aliphatic heterocycles. The Morgan fingerprint density at radius 3 is 0.462 bits per heavy atom. The summed E-state index contributed by atoms with van der Waals surface area (Å²) < 4.78 is 0. The number of halogens is 1. The van der Waals surface area contributed by atoms with Gasteiger partial charge >= 0.3 is 0 Å². The third kappa shape index (κ3) is 7.75. The molecule has 0 nitrogen and oxygen atoms in total. The Bertz CT molecular complexity index is 1170. The van der Waals surface area contributed by atoms with E-state index in [0.29, 0.717) is 0 Å². The van der Waals surface area contributed by atoms with Crippen molar-refractivity contribution in [3.8, 4) is 0 Å². The van der Waals surface area contributed by atoms with Gasteiger partial charge in [0.1, 0.15) is 0 Å². The van der Waals surface area contributed by atoms with Gasteiger partial charge in [-0.05, 0) is 47.7 Å². The van der Waals surface area contributed by atoms with Gasteiger partial charge in [0.25, 0.3) is 0 Å². The molecule has 0 heterocycles. The summed E-state index contributed by atoms with van der Waals surface area (Å²) in [5, 5.41) is 8.39. The molecule has 0 fully saturated rings. The van der Waals surface area contributed by atoms with Crippen LogP contribution in [0.3, 0.4) is 0 Å². The van der Waals surface area contributed by atoms with Crippen LogP contribution in [0, 0.1) is 0 Å². The topological polar surface area (TPSA) is 0 Å². The van der Waals surface area contributed by atoms with Gasteiger partial charge in [-0.2, -0.15) is 0 Å². The first-order valence-electron chi connectivity index (χ1n) is 12.8. The predicted molar refractivity (Wildman–Crippen MR) is 170 cm³/mol. The van der Waals surface area contributed by atoms with Crippen LogP contribution in [0.1, 0.15) is 0 Å². The summed E-state index contributed by atoms with van der Waals surface area (Å²) in [5.41, 5.74) is 0. The first kappa shape index (κ1) is 28.5. The summed E-state index contributed by atoms with van der Waals surface area (Å²) in [7, 11) is -0.892. The molecule has 0 atom stereocenters. The van der Waals surface area contributed by atoms with Crippen LogP contribution in [0.25, 0.3) is 0 Å². The molecule has 0 aliphatic carbocycles. The van der Waals surface area contributed by atoms with E-state index < -0.39 is 15.8 Å². The molecule has 0 unspecified atom stereocenters. The van der Waals surface area contributed by atoms with Gasteiger partial charge in [0.15, 0.2) is 0 Å². The SMILES string of the molecule is [Cl-].c1ccc(P(c2ccccc2)c2ccccc2)cc1.c1ccc(P(c2ccccc2)c2ccccc2)cc1. The maximum atomic E-state index is 2.23. The molecule has 0 N–H and O–H groups in total. The number of hydrogen-bond donors (Lipinski definition) is 0. The molecule has 0 radical (unpaired) electrons. The fraction of sp³-hybridized carbons (Fsp3) is 0. The van der Waals surface area contributed by atoms with Crippen LogP contribution in [0.4, 0.5) is 0 Å². The van der Waals surface area contributed by atoms with Crippen molar-refractivity contribution in [1.29, 1.82) is 0 Å². The first-order chi connectivity index (χ1) is 18.9. The summed E-state index contributed by atoms with van der Waals surface area (Å²) in [6.07, 6.45) is 0. The second-order valence-corrected chi connectivity index (χ2v) is 13.1. The third-order valence-electron chi connectivity index (χ3n) is 6.09. The van der Waals surface area contributed by atoms with Crippen LogP contribution in [-0.2, 0) is 0 Å². The monoisotopic (exact) mass is 559 g/mol. The Balaban J connectivity index is 0.000000176. The van der Waals surface area contributed by atoms with Gasteiger partial charge in [0.05, 0.1) is 0 Å². The summed E-state index contributed by atoms with van der Waals surface area (Å²) in [6.45, 7) is 0. The summed E-state index contributed by atoms with van der Waals surface area (Å²) >= 11 is 0. The third-order valence-corrected chi connectivity index (χ3v) is 11.0. The number of rotatable bonds is 6. The molecule has 3 heteroatoms. The zero-order valence-electron chi connectivity index (χ0n) is 21.6. The highest BCUT2D eigenvalue weighted by Gasteiger charge is 2.16. The number of hydrogen-bond acceptors (Lipinski definition) is 0. The van der Waals surface area contributed by atoms with Crippen LogP contribution >= 0.6 is 15.8 Å². The molecular formula is C36H30ClP2-. The minimum atomic E-state index is -0.446. The first-order valence-corrected chi connectivity index (χ1v) is 15.5. The fourth-order valence-electron chi connectivity index (χ4n) is 4.36. The van der Waals surface area contributed by atoms with E-state index >= 15 is 0 Å². The van der Waals surface area contributed by atoms with E-state index in [1.807, 2.05) is 0 Å². The predicted octanol–water partition coefficient (Wildman–Crippen LogP) is 3.89. The minimum absolute atomic E-state index is 0. The molecule has 192 valence electrons. The highest BCUT2D eigenvalue weighted by Crippen LogP contribution is 2.33. The fourth-order valence-corrected chi connectivity index (χ4v) is 8.97. The quantitative estimate of drug-likeness (QED) is 0.272. The Morgan fingerprint density at radius 1 is 0.205 bits per heavy atom. The van der Waals surface area contributed by atoms with Crippen LogP contribution < -0.4 is 44.2 Å². The smallest absolute Gasteiger partial charge is 0.0134 e. The zero-order valence-corrected chi connectivity index (χ0v) is 24.1. The van der Waals surface area contributed by atoms with Crippen molar-refractivity contribution in [1.82, 2.24) is 0 Å². The van der Waals surface area contributed by atoms with Gasteiger partial charge in [-0.1, -0.05) is 182 Å². The van der Waals surface area contributed by atoms with Gasteiger partial charge < -0.3 is 12.4 Å². The van der Waals surface area contributed by atoms with Crippen LogP contribution in [0.5, 0.6) is 0 Å². The molecule has 0 saturated heterocycles. The maximum absolute atomic E-state index is 2.23. The van der Waals surface area contributed by atoms with Gasteiger partial charge in [0.2, 0.25) is 0 Å². The second-order valence-electron chi connectivity index (χ2n) is 8.68. The molecule has 39 heavy (non-hydrogen) atoms. The number of benzene rings is 6. The lowest BCUT2D eigenvalue weighted by molar-refractivity contribution is -0.00000713. The average molecular weight is 560 g/mol. The lowest BCUT2D eigenvalue weighted by atomic mass is 10.4. The summed E-state index contributed by atoms with van der Waals surface area (Å²) in [4.78, 5) is 0. The summed E-state index contributed by atoms with van der Waals surface area (Å²) in [5.74, 6) is 0. The van der Waals surface area contributed by atoms with E-state index in [1.54, 1.807) is 0 Å². The molecule has 6 aromatic carbocycles. The molecular weight excluding hydrogens is 530 g/mol. The largest absolute Gasteiger partial charge is 1.00 e. The van der Waals surface area contributed by atoms with E-state index in [-0.39, 0.29) is 12.4 Å². The minimum Gasteiger partial charge on any atom is -1.00 e. The van der Waals surface area contributed by atoms with Gasteiger partial charge in [0, 0.05) is 0 Å². The van der Waals surface area contributed by atoms with E-state index in [1.165, 1.54) is 31.8 Å². The summed E-state index contributed by atoms with van der Waals surface area (Å²) in [6, 6.07) is 64.7. The lowest BCUT2D eigenvalue weighted by Crippen LogP contribution is -3.00. The molecule has 0 bridgehead atoms. The molecule has 0 amide bonds. The van der Waals surface area contributed by atoms with Crippen molar-refractivity contribution >= 4 is 47.7 Å². The zero-order chi connectivity index (χ0) is 25.8. The van der Waals surface area contributed by atoms with Crippen LogP contribution in [-0.4, -0.2) is 0 Å². The van der Waals surface area contributed by atoms with Crippen molar-refractivity contribution in [3.05, 3.63) is 182 Å². The molecule has 6 aromatic rings. The molecule has 0 spiro atoms. The maximum Gasteiger partial charge on any atom is -0.0134 e. The average Bonchev–Trinajstić information content (AvgIpc) is 3.01. The Morgan fingerprint density at radius 2 is 0.333 bits per heavy atom. The van der Waals surface area contributed by atoms with E-state index in [9.17, 15) is 0 Å². The second kappa shape index (κ2) is 15.2. The van der Waals surface area contributed by atoms with Gasteiger partial charge in [-0.3, -0.25) is 0 Å². The Labute approximate surface area is 241 Å². The van der Waals surface area contributed by atoms with E-state index in [4.69, 9.17) is 0 Å². The Kier molecular flexibility index (Phi) is 11.1. The van der Waals surface area contributed by atoms with Crippen molar-refractivity contribution in [2.75, 3.05) is 0 Å². The standard InChI is InChI=1S/2C18H15P.ClH/c2*1-4-10-16(11-5-1)19(17-12-6-2-7-13-17)18-14-8-3-9-15-18;/h2*1-15H;1H/p-1. The van der Waals surface area contributed by atoms with E-state index in [2.05, 4.69) is 182 Å². The highest BCUT2D eigenvalue weighted by molar-refractivity contribution is 7.80. The molecule has 0 saturated carbocycles. The lowest BCUT2D eigenvalue weighted by Gasteiger charge is -2.18. The van der Waals surface area contributed by atoms with Crippen LogP contribution in [0.15, 0.2) is 182 Å². The highest BCUT2D eigenvalue weighted by atomic mass is 35.5. The van der Waals surface area contributed by atoms with Gasteiger partial charge in [-0.15, -0.1) is 0 Å². The molecule has 6 rings (SSSR count). The molecule has 0 aromatic heterocycles. The normalized spacial score (nSPS) is 10.3. The van der Waals surface area contributed by atoms with Crippen molar-refractivity contribution < 1.29 is 12.4 Å². The van der Waals surface area contributed by atoms with Crippen molar-refractivity contribution in [2.45, 2.75) is 0 Å². The Hall–Kier alpha value is -3.53.